The van der Waals surface area contributed by atoms with Gasteiger partial charge in [0.1, 0.15) is 0 Å². The number of carbonyl (C=O) groups is 2. The van der Waals surface area contributed by atoms with E-state index in [1.807, 2.05) is 0 Å². The highest BCUT2D eigenvalue weighted by molar-refractivity contribution is 6.00. The van der Waals surface area contributed by atoms with Crippen molar-refractivity contribution in [2.45, 2.75) is 12.8 Å². The van der Waals surface area contributed by atoms with Gasteiger partial charge in [-0.15, -0.1) is 0 Å². The number of fused-ring (bicyclic) bond motifs is 1. The minimum absolute atomic E-state index is 0.126. The van der Waals surface area contributed by atoms with Crippen molar-refractivity contribution in [2.75, 3.05) is 20.5 Å². The minimum Gasteiger partial charge on any atom is -0.468 e. The smallest absolute Gasteiger partial charge is 0.324 e. The third-order valence-electron chi connectivity index (χ3n) is 2.69. The third kappa shape index (κ3) is 2.62. The quantitative estimate of drug-likeness (QED) is 0.603. The zero-order valence-electron chi connectivity index (χ0n) is 10.7. The Kier molecular flexibility index (Phi) is 3.89. The Bertz CT molecular complexity index is 496. The highest BCUT2D eigenvalue weighted by Gasteiger charge is 2.32. The first-order valence-electron chi connectivity index (χ1n) is 5.81. The Morgan fingerprint density at radius 3 is 2.68 bits per heavy atom. The summed E-state index contributed by atoms with van der Waals surface area (Å²) in [6.45, 7) is 1.99. The summed E-state index contributed by atoms with van der Waals surface area (Å²) in [6.07, 6.45) is 0. The van der Waals surface area contributed by atoms with Crippen LogP contribution in [0.15, 0.2) is 18.2 Å². The molecule has 0 aliphatic carbocycles. The molecule has 1 aliphatic heterocycles. The van der Waals surface area contributed by atoms with E-state index in [1.165, 1.54) is 7.11 Å². The zero-order chi connectivity index (χ0) is 13.8. The molecular weight excluding hydrogens is 252 g/mol. The first-order chi connectivity index (χ1) is 9.17. The molecule has 19 heavy (non-hydrogen) atoms. The molecule has 0 bridgehead atoms. The predicted molar refractivity (Wildman–Crippen MR) is 64.0 cm³/mol. The molecule has 1 unspecified atom stereocenters. The van der Waals surface area contributed by atoms with Crippen LogP contribution in [0.1, 0.15) is 18.4 Å². The maximum atomic E-state index is 11.8. The second kappa shape index (κ2) is 5.60. The molecule has 6 heteroatoms. The summed E-state index contributed by atoms with van der Waals surface area (Å²) in [5.74, 6) is -1.35. The summed E-state index contributed by atoms with van der Waals surface area (Å²) in [7, 11) is 1.22. The van der Waals surface area contributed by atoms with Crippen molar-refractivity contribution in [2.24, 2.45) is 0 Å². The summed E-state index contributed by atoms with van der Waals surface area (Å²) in [4.78, 5) is 23.6. The second-order valence-corrected chi connectivity index (χ2v) is 3.82. The lowest BCUT2D eigenvalue weighted by molar-refractivity contribution is -0.155. The zero-order valence-corrected chi connectivity index (χ0v) is 10.7. The van der Waals surface area contributed by atoms with Crippen LogP contribution in [0, 0.1) is 0 Å². The van der Waals surface area contributed by atoms with Gasteiger partial charge in [0.2, 0.25) is 6.79 Å². The number of benzene rings is 1. The summed E-state index contributed by atoms with van der Waals surface area (Å²) in [6, 6.07) is 4.85. The van der Waals surface area contributed by atoms with Crippen LogP contribution in [-0.4, -0.2) is 32.4 Å². The molecule has 0 N–H and O–H groups in total. The summed E-state index contributed by atoms with van der Waals surface area (Å²) in [5, 5.41) is 0. The number of hydrogen-bond acceptors (Lipinski definition) is 6. The van der Waals surface area contributed by atoms with Crippen molar-refractivity contribution in [3.63, 3.8) is 0 Å². The molecule has 1 heterocycles. The summed E-state index contributed by atoms with van der Waals surface area (Å²) < 4.78 is 19.9. The fourth-order valence-electron chi connectivity index (χ4n) is 1.80. The van der Waals surface area contributed by atoms with Crippen molar-refractivity contribution < 1.29 is 28.5 Å². The maximum Gasteiger partial charge on any atom is 0.324 e. The molecule has 0 radical (unpaired) electrons. The normalized spacial score (nSPS) is 13.8. The Hall–Kier alpha value is -2.24. The van der Waals surface area contributed by atoms with Gasteiger partial charge in [-0.1, -0.05) is 6.07 Å². The molecule has 0 aromatic heterocycles. The second-order valence-electron chi connectivity index (χ2n) is 3.82. The summed E-state index contributed by atoms with van der Waals surface area (Å²) >= 11 is 0. The van der Waals surface area contributed by atoms with E-state index in [0.29, 0.717) is 17.1 Å². The van der Waals surface area contributed by atoms with Gasteiger partial charge in [0, 0.05) is 0 Å². The van der Waals surface area contributed by atoms with E-state index in [0.717, 1.165) is 0 Å². The average molecular weight is 266 g/mol. The van der Waals surface area contributed by atoms with Crippen LogP contribution < -0.4 is 9.47 Å². The van der Waals surface area contributed by atoms with Crippen molar-refractivity contribution in [3.8, 4) is 11.5 Å². The van der Waals surface area contributed by atoms with E-state index in [2.05, 4.69) is 4.74 Å². The van der Waals surface area contributed by atoms with E-state index >= 15 is 0 Å². The van der Waals surface area contributed by atoms with Crippen LogP contribution in [0.4, 0.5) is 0 Å². The number of rotatable bonds is 4. The molecule has 2 rings (SSSR count). The van der Waals surface area contributed by atoms with Gasteiger partial charge < -0.3 is 18.9 Å². The highest BCUT2D eigenvalue weighted by Crippen LogP contribution is 2.35. The SMILES string of the molecule is CCOC(=O)C(C(=O)OC)c1ccc2c(c1)OCO2. The Morgan fingerprint density at radius 1 is 1.26 bits per heavy atom. The van der Waals surface area contributed by atoms with Crippen LogP contribution in [0.3, 0.4) is 0 Å². The minimum atomic E-state index is -1.11. The first-order valence-corrected chi connectivity index (χ1v) is 5.81. The molecule has 102 valence electrons. The van der Waals surface area contributed by atoms with Gasteiger partial charge in [-0.2, -0.15) is 0 Å². The predicted octanol–water partition coefficient (Wildman–Crippen LogP) is 1.23. The molecule has 6 nitrogen and oxygen atoms in total. The van der Waals surface area contributed by atoms with E-state index < -0.39 is 17.9 Å². The van der Waals surface area contributed by atoms with Gasteiger partial charge in [0.15, 0.2) is 17.4 Å². The van der Waals surface area contributed by atoms with Crippen LogP contribution in [0.25, 0.3) is 0 Å². The van der Waals surface area contributed by atoms with Crippen LogP contribution in [-0.2, 0) is 19.1 Å². The fraction of sp³-hybridized carbons (Fsp3) is 0.385. The standard InChI is InChI=1S/C13H14O6/c1-3-17-13(15)11(12(14)16-2)8-4-5-9-10(6-8)19-7-18-9/h4-6,11H,3,7H2,1-2H3. The topological polar surface area (TPSA) is 71.1 Å². The molecule has 1 aliphatic rings. The molecule has 1 atom stereocenters. The lowest BCUT2D eigenvalue weighted by Crippen LogP contribution is -2.25. The Balaban J connectivity index is 2.32. The van der Waals surface area contributed by atoms with Crippen molar-refractivity contribution in [1.29, 1.82) is 0 Å². The largest absolute Gasteiger partial charge is 0.468 e. The Morgan fingerprint density at radius 2 is 2.00 bits per heavy atom. The van der Waals surface area contributed by atoms with E-state index in [-0.39, 0.29) is 13.4 Å². The molecule has 0 spiro atoms. The van der Waals surface area contributed by atoms with Gasteiger partial charge in [-0.25, -0.2) is 0 Å². The van der Waals surface area contributed by atoms with Gasteiger partial charge in [-0.3, -0.25) is 9.59 Å². The average Bonchev–Trinajstić information content (AvgIpc) is 2.86. The highest BCUT2D eigenvalue weighted by atomic mass is 16.7. The van der Waals surface area contributed by atoms with E-state index in [4.69, 9.17) is 14.2 Å². The third-order valence-corrected chi connectivity index (χ3v) is 2.69. The van der Waals surface area contributed by atoms with Crippen LogP contribution in [0.2, 0.25) is 0 Å². The number of methoxy groups -OCH3 is 1. The molecular formula is C13H14O6. The molecule has 0 saturated heterocycles. The lowest BCUT2D eigenvalue weighted by atomic mass is 9.99. The van der Waals surface area contributed by atoms with Crippen LogP contribution in [0.5, 0.6) is 11.5 Å². The number of carbonyl (C=O) groups excluding carboxylic acids is 2. The molecule has 0 amide bonds. The van der Waals surface area contributed by atoms with E-state index in [9.17, 15) is 9.59 Å². The number of esters is 2. The van der Waals surface area contributed by atoms with Gasteiger partial charge in [0.05, 0.1) is 13.7 Å². The first kappa shape index (κ1) is 13.2. The van der Waals surface area contributed by atoms with Gasteiger partial charge in [0.25, 0.3) is 0 Å². The van der Waals surface area contributed by atoms with E-state index in [1.54, 1.807) is 25.1 Å². The van der Waals surface area contributed by atoms with Crippen molar-refractivity contribution in [1.82, 2.24) is 0 Å². The maximum absolute atomic E-state index is 11.8. The fourth-order valence-corrected chi connectivity index (χ4v) is 1.80. The molecule has 1 aromatic carbocycles. The number of ether oxygens (including phenoxy) is 4. The van der Waals surface area contributed by atoms with Gasteiger partial charge >= 0.3 is 11.9 Å². The van der Waals surface area contributed by atoms with Gasteiger partial charge in [-0.05, 0) is 24.6 Å². The summed E-state index contributed by atoms with van der Waals surface area (Å²) in [5.41, 5.74) is 0.453. The lowest BCUT2D eigenvalue weighted by Gasteiger charge is -2.14. The molecule has 0 saturated carbocycles. The monoisotopic (exact) mass is 266 g/mol. The van der Waals surface area contributed by atoms with Crippen molar-refractivity contribution >= 4 is 11.9 Å². The number of hydrogen-bond donors (Lipinski definition) is 0. The Labute approximate surface area is 110 Å². The van der Waals surface area contributed by atoms with Crippen LogP contribution >= 0.6 is 0 Å². The van der Waals surface area contributed by atoms with Crippen molar-refractivity contribution in [3.05, 3.63) is 23.8 Å². The molecule has 1 aromatic rings. The molecule has 0 fully saturated rings.